The molecule has 4 aromatic rings. The molecule has 1 aromatic carbocycles. The Hall–Kier alpha value is -3.85. The quantitative estimate of drug-likeness (QED) is 0.266. The summed E-state index contributed by atoms with van der Waals surface area (Å²) >= 11 is 6.33. The zero-order valence-corrected chi connectivity index (χ0v) is 21.0. The van der Waals surface area contributed by atoms with Crippen molar-refractivity contribution in [3.8, 4) is 11.3 Å². The number of hydrogen-bond acceptors (Lipinski definition) is 6. The molecule has 1 saturated carbocycles. The van der Waals surface area contributed by atoms with Gasteiger partial charge in [-0.15, -0.1) is 0 Å². The maximum atomic E-state index is 12.5. The van der Waals surface area contributed by atoms with E-state index in [0.29, 0.717) is 11.1 Å². The van der Waals surface area contributed by atoms with Crippen LogP contribution in [0.4, 0.5) is 22.1 Å². The SMILES string of the molecule is CN(C)c1ccc(NC(=O)NC2CCC(Nc3nc(Cl)cc(-c4c[nH]c5ncccc45)n3)CC2)cc1. The Kier molecular flexibility index (Phi) is 6.90. The second-order valence-electron chi connectivity index (χ2n) is 9.23. The number of anilines is 3. The van der Waals surface area contributed by atoms with Gasteiger partial charge in [0.25, 0.3) is 0 Å². The number of carbonyl (C=O) groups is 1. The van der Waals surface area contributed by atoms with Gasteiger partial charge in [-0.2, -0.15) is 0 Å². The summed E-state index contributed by atoms with van der Waals surface area (Å²) in [6.07, 6.45) is 7.16. The van der Waals surface area contributed by atoms with Crippen LogP contribution in [0.5, 0.6) is 0 Å². The maximum absolute atomic E-state index is 12.5. The van der Waals surface area contributed by atoms with Gasteiger partial charge in [0.2, 0.25) is 5.95 Å². The fraction of sp³-hybridized carbons (Fsp3) is 0.308. The van der Waals surface area contributed by atoms with Crippen molar-refractivity contribution in [3.63, 3.8) is 0 Å². The zero-order chi connectivity index (χ0) is 25.1. The van der Waals surface area contributed by atoms with Crippen molar-refractivity contribution in [2.75, 3.05) is 29.6 Å². The Bertz CT molecular complexity index is 1350. The van der Waals surface area contributed by atoms with Gasteiger partial charge in [0.15, 0.2) is 0 Å². The van der Waals surface area contributed by atoms with Crippen molar-refractivity contribution in [2.45, 2.75) is 37.8 Å². The summed E-state index contributed by atoms with van der Waals surface area (Å²) < 4.78 is 0. The predicted octanol–water partition coefficient (Wildman–Crippen LogP) is 5.28. The number of pyridine rings is 1. The number of halogens is 1. The number of amides is 2. The molecule has 36 heavy (non-hydrogen) atoms. The molecular weight excluding hydrogens is 476 g/mol. The van der Waals surface area contributed by atoms with Gasteiger partial charge in [-0.3, -0.25) is 0 Å². The Morgan fingerprint density at radius 1 is 1.06 bits per heavy atom. The van der Waals surface area contributed by atoms with Crippen LogP contribution in [-0.2, 0) is 0 Å². The van der Waals surface area contributed by atoms with E-state index in [1.54, 1.807) is 12.3 Å². The van der Waals surface area contributed by atoms with Crippen LogP contribution < -0.4 is 20.9 Å². The molecule has 1 aliphatic rings. The lowest BCUT2D eigenvalue weighted by molar-refractivity contribution is 0.243. The number of aromatic amines is 1. The normalized spacial score (nSPS) is 17.5. The van der Waals surface area contributed by atoms with E-state index in [0.717, 1.165) is 59.3 Å². The highest BCUT2D eigenvalue weighted by atomic mass is 35.5. The Labute approximate surface area is 214 Å². The highest BCUT2D eigenvalue weighted by Gasteiger charge is 2.23. The number of nitrogens with zero attached hydrogens (tertiary/aromatic N) is 4. The number of rotatable bonds is 6. The van der Waals surface area contributed by atoms with Crippen molar-refractivity contribution in [1.29, 1.82) is 0 Å². The van der Waals surface area contributed by atoms with Crippen LogP contribution in [-0.4, -0.2) is 52.1 Å². The monoisotopic (exact) mass is 504 g/mol. The van der Waals surface area contributed by atoms with E-state index in [4.69, 9.17) is 16.6 Å². The number of H-pyrrole nitrogens is 1. The molecule has 9 nitrogen and oxygen atoms in total. The third-order valence-electron chi connectivity index (χ3n) is 6.46. The molecular formula is C26H29ClN8O. The van der Waals surface area contributed by atoms with Crippen LogP contribution in [0.2, 0.25) is 5.15 Å². The molecule has 0 unspecified atom stereocenters. The largest absolute Gasteiger partial charge is 0.378 e. The van der Waals surface area contributed by atoms with E-state index in [1.165, 1.54) is 0 Å². The van der Waals surface area contributed by atoms with Gasteiger partial charge in [-0.1, -0.05) is 11.6 Å². The number of hydrogen-bond donors (Lipinski definition) is 4. The molecule has 1 fully saturated rings. The molecule has 0 bridgehead atoms. The molecule has 4 N–H and O–H groups in total. The molecule has 0 aliphatic heterocycles. The summed E-state index contributed by atoms with van der Waals surface area (Å²) in [4.78, 5) is 31.1. The van der Waals surface area contributed by atoms with Crippen molar-refractivity contribution in [1.82, 2.24) is 25.3 Å². The maximum Gasteiger partial charge on any atom is 0.319 e. The summed E-state index contributed by atoms with van der Waals surface area (Å²) in [5.74, 6) is 0.506. The minimum atomic E-state index is -0.181. The number of benzene rings is 1. The topological polar surface area (TPSA) is 111 Å². The average Bonchev–Trinajstić information content (AvgIpc) is 3.29. The van der Waals surface area contributed by atoms with Gasteiger partial charge in [0, 0.05) is 67.0 Å². The first-order valence-corrected chi connectivity index (χ1v) is 12.4. The van der Waals surface area contributed by atoms with Gasteiger partial charge < -0.3 is 25.8 Å². The van der Waals surface area contributed by atoms with Crippen LogP contribution in [0.1, 0.15) is 25.7 Å². The molecule has 0 saturated heterocycles. The second kappa shape index (κ2) is 10.4. The summed E-state index contributed by atoms with van der Waals surface area (Å²) in [6.45, 7) is 0. The van der Waals surface area contributed by atoms with E-state index in [1.807, 2.05) is 61.6 Å². The van der Waals surface area contributed by atoms with Crippen molar-refractivity contribution in [2.24, 2.45) is 0 Å². The lowest BCUT2D eigenvalue weighted by Crippen LogP contribution is -2.42. The summed E-state index contributed by atoms with van der Waals surface area (Å²) in [5.41, 5.74) is 4.33. The molecule has 10 heteroatoms. The number of nitrogens with one attached hydrogen (secondary N) is 4. The Balaban J connectivity index is 1.15. The van der Waals surface area contributed by atoms with E-state index < -0.39 is 0 Å². The van der Waals surface area contributed by atoms with Crippen molar-refractivity contribution >= 4 is 46.0 Å². The smallest absolute Gasteiger partial charge is 0.319 e. The summed E-state index contributed by atoms with van der Waals surface area (Å²) in [7, 11) is 3.97. The van der Waals surface area contributed by atoms with Crippen LogP contribution in [0.15, 0.2) is 54.9 Å². The molecule has 5 rings (SSSR count). The van der Waals surface area contributed by atoms with E-state index in [9.17, 15) is 4.79 Å². The molecule has 0 radical (unpaired) electrons. The number of urea groups is 1. The molecule has 2 amide bonds. The molecule has 1 aliphatic carbocycles. The summed E-state index contributed by atoms with van der Waals surface area (Å²) in [6, 6.07) is 13.6. The average molecular weight is 505 g/mol. The highest BCUT2D eigenvalue weighted by molar-refractivity contribution is 6.29. The molecule has 0 atom stereocenters. The van der Waals surface area contributed by atoms with Crippen LogP contribution in [0.25, 0.3) is 22.3 Å². The number of carbonyl (C=O) groups excluding carboxylic acids is 1. The minimum absolute atomic E-state index is 0.124. The van der Waals surface area contributed by atoms with Crippen LogP contribution in [0.3, 0.4) is 0 Å². The minimum Gasteiger partial charge on any atom is -0.378 e. The third-order valence-corrected chi connectivity index (χ3v) is 6.65. The van der Waals surface area contributed by atoms with Crippen molar-refractivity contribution < 1.29 is 4.79 Å². The molecule has 3 heterocycles. The first-order valence-electron chi connectivity index (χ1n) is 12.0. The molecule has 186 valence electrons. The van der Waals surface area contributed by atoms with Gasteiger partial charge in [0.1, 0.15) is 10.8 Å². The molecule has 0 spiro atoms. The standard InChI is InChI=1S/C26H29ClN8O/c1-35(2)19-11-9-18(10-12-19)32-26(36)31-17-7-5-16(6-8-17)30-25-33-22(14-23(27)34-25)21-15-29-24-20(21)4-3-13-28-24/h3-4,9-17H,5-8H2,1-2H3,(H,28,29)(H,30,33,34)(H2,31,32,36). The number of aromatic nitrogens is 4. The number of fused-ring (bicyclic) bond motifs is 1. The highest BCUT2D eigenvalue weighted by Crippen LogP contribution is 2.29. The second-order valence-corrected chi connectivity index (χ2v) is 9.62. The van der Waals surface area contributed by atoms with Crippen LogP contribution in [0, 0.1) is 0 Å². The first-order chi connectivity index (χ1) is 17.4. The first kappa shape index (κ1) is 23.9. The van der Waals surface area contributed by atoms with Crippen molar-refractivity contribution in [3.05, 3.63) is 60.0 Å². The molecule has 3 aromatic heterocycles. The van der Waals surface area contributed by atoms with Gasteiger partial charge in [0.05, 0.1) is 5.69 Å². The lowest BCUT2D eigenvalue weighted by Gasteiger charge is -2.29. The van der Waals surface area contributed by atoms with E-state index in [2.05, 4.69) is 30.9 Å². The fourth-order valence-electron chi connectivity index (χ4n) is 4.55. The zero-order valence-electron chi connectivity index (χ0n) is 20.3. The third kappa shape index (κ3) is 5.52. The van der Waals surface area contributed by atoms with Gasteiger partial charge >= 0.3 is 6.03 Å². The Morgan fingerprint density at radius 2 is 1.81 bits per heavy atom. The predicted molar refractivity (Wildman–Crippen MR) is 145 cm³/mol. The van der Waals surface area contributed by atoms with E-state index in [-0.39, 0.29) is 18.1 Å². The fourth-order valence-corrected chi connectivity index (χ4v) is 4.73. The lowest BCUT2D eigenvalue weighted by atomic mass is 9.91. The van der Waals surface area contributed by atoms with Gasteiger partial charge in [-0.25, -0.2) is 19.7 Å². The van der Waals surface area contributed by atoms with E-state index >= 15 is 0 Å². The van der Waals surface area contributed by atoms with Gasteiger partial charge in [-0.05, 0) is 62.1 Å². The van der Waals surface area contributed by atoms with Crippen LogP contribution >= 0.6 is 11.6 Å². The Morgan fingerprint density at radius 3 is 2.56 bits per heavy atom. The summed E-state index contributed by atoms with van der Waals surface area (Å²) in [5, 5.41) is 10.8.